The molecular weight excluding hydrogens is 512 g/mol. The molecule has 0 rings (SSSR count). The van der Waals surface area contributed by atoms with E-state index >= 15 is 0 Å². The molecule has 0 spiro atoms. The summed E-state index contributed by atoms with van der Waals surface area (Å²) in [6.07, 6.45) is 31.5. The zero-order valence-electron chi connectivity index (χ0n) is 27.7. The van der Waals surface area contributed by atoms with Gasteiger partial charge < -0.3 is 14.6 Å². The molecule has 0 heterocycles. The summed E-state index contributed by atoms with van der Waals surface area (Å²) in [4.78, 5) is 23.6. The smallest absolute Gasteiger partial charge is 0.465 e. The highest BCUT2D eigenvalue weighted by atomic mass is 16.7. The van der Waals surface area contributed by atoms with E-state index in [1.807, 2.05) is 0 Å². The van der Waals surface area contributed by atoms with Crippen molar-refractivity contribution in [3.8, 4) is 0 Å². The second kappa shape index (κ2) is 31.7. The van der Waals surface area contributed by atoms with Gasteiger partial charge in [-0.25, -0.2) is 4.79 Å². The van der Waals surface area contributed by atoms with Crippen LogP contribution in [0.15, 0.2) is 0 Å². The average Bonchev–Trinajstić information content (AvgIpc) is 2.95. The number of unbranched alkanes of at least 4 members (excludes halogenated alkanes) is 19. The first kappa shape index (κ1) is 39.7. The highest BCUT2D eigenvalue weighted by Gasteiger charge is 2.16. The quantitative estimate of drug-likeness (QED) is 0.0630. The number of carbonyl (C=O) groups excluding carboxylic acids is 1. The Balaban J connectivity index is 4.33. The minimum Gasteiger partial charge on any atom is -0.465 e. The van der Waals surface area contributed by atoms with Gasteiger partial charge in [0.2, 0.25) is 0 Å². The molecule has 0 aliphatic rings. The van der Waals surface area contributed by atoms with Crippen LogP contribution >= 0.6 is 0 Å². The minimum atomic E-state index is -1.22. The van der Waals surface area contributed by atoms with Gasteiger partial charge >= 0.3 is 12.1 Å². The molecule has 2 unspecified atom stereocenters. The zero-order valence-corrected chi connectivity index (χ0v) is 27.7. The molecule has 41 heavy (non-hydrogen) atoms. The third-order valence-electron chi connectivity index (χ3n) is 8.47. The van der Waals surface area contributed by atoms with E-state index in [-0.39, 0.29) is 12.1 Å². The maximum atomic E-state index is 12.5. The molecule has 5 heteroatoms. The molecule has 0 aromatic rings. The molecule has 0 radical (unpaired) electrons. The van der Waals surface area contributed by atoms with Gasteiger partial charge in [-0.2, -0.15) is 0 Å². The van der Waals surface area contributed by atoms with Gasteiger partial charge in [0.05, 0.1) is 6.61 Å². The van der Waals surface area contributed by atoms with E-state index in [4.69, 9.17) is 14.6 Å². The van der Waals surface area contributed by atoms with Gasteiger partial charge in [-0.15, -0.1) is 0 Å². The fourth-order valence-corrected chi connectivity index (χ4v) is 5.76. The molecule has 2 atom stereocenters. The monoisotopic (exact) mass is 583 g/mol. The topological polar surface area (TPSA) is 72.8 Å². The summed E-state index contributed by atoms with van der Waals surface area (Å²) >= 11 is 0. The second-order valence-electron chi connectivity index (χ2n) is 12.5. The first-order valence-corrected chi connectivity index (χ1v) is 18.1. The van der Waals surface area contributed by atoms with Crippen LogP contribution < -0.4 is 0 Å². The Kier molecular flexibility index (Phi) is 30.7. The maximum Gasteiger partial charge on any atom is 0.506 e. The summed E-state index contributed by atoms with van der Waals surface area (Å²) in [6, 6.07) is 0. The molecule has 0 aliphatic carbocycles. The summed E-state index contributed by atoms with van der Waals surface area (Å²) in [6.45, 7) is 7.24. The minimum absolute atomic E-state index is 0.144. The number of carboxylic acid groups (broad SMARTS) is 1. The Hall–Kier alpha value is -1.26. The lowest BCUT2D eigenvalue weighted by Crippen LogP contribution is -2.18. The summed E-state index contributed by atoms with van der Waals surface area (Å²) in [5, 5.41) is 9.05. The van der Waals surface area contributed by atoms with Crippen molar-refractivity contribution in [2.24, 2.45) is 5.92 Å². The molecule has 244 valence electrons. The van der Waals surface area contributed by atoms with Gasteiger partial charge in [0.15, 0.2) is 0 Å². The SMILES string of the molecule is CCCCCCCCCCCCC(CCCCCCCCCC)COC(=O)CCCC(CCCCCC)OC(=O)O. The Labute approximate surface area is 255 Å². The standard InChI is InChI=1S/C36H70O5/c1-4-7-10-13-15-17-18-20-22-24-28-33(27-23-21-19-16-14-11-8-5-2)32-40-35(37)31-26-30-34(41-36(38)39)29-25-12-9-6-3/h33-34H,4-32H2,1-3H3,(H,38,39). The van der Waals surface area contributed by atoms with Crippen molar-refractivity contribution in [1.29, 1.82) is 0 Å². The molecule has 0 saturated heterocycles. The Morgan fingerprint density at radius 2 is 0.878 bits per heavy atom. The molecule has 0 bridgehead atoms. The van der Waals surface area contributed by atoms with Crippen LogP contribution in [0.5, 0.6) is 0 Å². The van der Waals surface area contributed by atoms with Crippen LogP contribution in [0.25, 0.3) is 0 Å². The van der Waals surface area contributed by atoms with E-state index in [2.05, 4.69) is 20.8 Å². The van der Waals surface area contributed by atoms with Crippen LogP contribution in [0.4, 0.5) is 4.79 Å². The predicted molar refractivity (Wildman–Crippen MR) is 174 cm³/mol. The Morgan fingerprint density at radius 3 is 1.32 bits per heavy atom. The van der Waals surface area contributed by atoms with Crippen LogP contribution in [0.3, 0.4) is 0 Å². The lowest BCUT2D eigenvalue weighted by atomic mass is 9.94. The lowest BCUT2D eigenvalue weighted by molar-refractivity contribution is -0.145. The van der Waals surface area contributed by atoms with Crippen LogP contribution in [0.2, 0.25) is 0 Å². The first-order chi connectivity index (χ1) is 20.0. The van der Waals surface area contributed by atoms with Gasteiger partial charge in [-0.3, -0.25) is 4.79 Å². The normalized spacial score (nSPS) is 12.8. The highest BCUT2D eigenvalue weighted by molar-refractivity contribution is 5.69. The van der Waals surface area contributed by atoms with Crippen molar-refractivity contribution in [3.63, 3.8) is 0 Å². The van der Waals surface area contributed by atoms with Crippen LogP contribution in [-0.4, -0.2) is 29.9 Å². The predicted octanol–water partition coefficient (Wildman–Crippen LogP) is 12.2. The number of ether oxygens (including phenoxy) is 2. The van der Waals surface area contributed by atoms with Gasteiger partial charge in [-0.1, -0.05) is 156 Å². The van der Waals surface area contributed by atoms with Crippen molar-refractivity contribution >= 4 is 12.1 Å². The number of carbonyl (C=O) groups is 2. The zero-order chi connectivity index (χ0) is 30.2. The molecule has 5 nitrogen and oxygen atoms in total. The van der Waals surface area contributed by atoms with Gasteiger partial charge in [-0.05, 0) is 44.4 Å². The molecule has 0 aromatic heterocycles. The van der Waals surface area contributed by atoms with E-state index < -0.39 is 6.16 Å². The van der Waals surface area contributed by atoms with E-state index in [9.17, 15) is 9.59 Å². The summed E-state index contributed by atoms with van der Waals surface area (Å²) in [5.74, 6) is 0.323. The largest absolute Gasteiger partial charge is 0.506 e. The van der Waals surface area contributed by atoms with Gasteiger partial charge in [0.25, 0.3) is 0 Å². The van der Waals surface area contributed by atoms with Crippen molar-refractivity contribution in [2.75, 3.05) is 6.61 Å². The molecular formula is C36H70O5. The van der Waals surface area contributed by atoms with Crippen molar-refractivity contribution in [2.45, 2.75) is 207 Å². The van der Waals surface area contributed by atoms with E-state index in [0.29, 0.717) is 31.8 Å². The van der Waals surface area contributed by atoms with Crippen LogP contribution in [0, 0.1) is 5.92 Å². The molecule has 0 aromatic carbocycles. The highest BCUT2D eigenvalue weighted by Crippen LogP contribution is 2.21. The molecule has 0 fully saturated rings. The van der Waals surface area contributed by atoms with E-state index in [0.717, 1.165) is 44.9 Å². The van der Waals surface area contributed by atoms with Gasteiger partial charge in [0.1, 0.15) is 6.10 Å². The fourth-order valence-electron chi connectivity index (χ4n) is 5.76. The number of rotatable bonds is 32. The summed E-state index contributed by atoms with van der Waals surface area (Å²) in [7, 11) is 0. The molecule has 0 aliphatic heterocycles. The molecule has 0 saturated carbocycles. The van der Waals surface area contributed by atoms with Crippen molar-refractivity contribution < 1.29 is 24.2 Å². The fraction of sp³-hybridized carbons (Fsp3) is 0.944. The lowest BCUT2D eigenvalue weighted by Gasteiger charge is -2.18. The van der Waals surface area contributed by atoms with Crippen LogP contribution in [0.1, 0.15) is 201 Å². The Morgan fingerprint density at radius 1 is 0.512 bits per heavy atom. The third-order valence-corrected chi connectivity index (χ3v) is 8.47. The van der Waals surface area contributed by atoms with E-state index in [1.165, 1.54) is 116 Å². The molecule has 1 N–H and O–H groups in total. The number of hydrogen-bond acceptors (Lipinski definition) is 4. The number of hydrogen-bond donors (Lipinski definition) is 1. The van der Waals surface area contributed by atoms with Gasteiger partial charge in [0, 0.05) is 6.42 Å². The summed E-state index contributed by atoms with van der Waals surface area (Å²) < 4.78 is 10.8. The first-order valence-electron chi connectivity index (χ1n) is 18.1. The Bertz CT molecular complexity index is 564. The van der Waals surface area contributed by atoms with Crippen LogP contribution in [-0.2, 0) is 14.3 Å². The molecule has 0 amide bonds. The maximum absolute atomic E-state index is 12.5. The average molecular weight is 583 g/mol. The van der Waals surface area contributed by atoms with Crippen molar-refractivity contribution in [1.82, 2.24) is 0 Å². The second-order valence-corrected chi connectivity index (χ2v) is 12.5. The van der Waals surface area contributed by atoms with E-state index in [1.54, 1.807) is 0 Å². The number of esters is 1. The van der Waals surface area contributed by atoms with Crippen molar-refractivity contribution in [3.05, 3.63) is 0 Å². The third kappa shape index (κ3) is 30.0. The summed E-state index contributed by atoms with van der Waals surface area (Å²) in [5.41, 5.74) is 0.